The van der Waals surface area contributed by atoms with Crippen molar-refractivity contribution in [3.63, 3.8) is 0 Å². The van der Waals surface area contributed by atoms with E-state index in [1.165, 1.54) is 41.8 Å². The SMILES string of the molecule is CC(=O)O[C@H]1CC[C@H]2[C@@H]3CC=C4c5sc(NCCc6ccccc6)nc5CC[C@]4(C)[C@H]3CC[C@]12C. The van der Waals surface area contributed by atoms with E-state index in [1.807, 2.05) is 11.3 Å². The molecule has 186 valence electrons. The van der Waals surface area contributed by atoms with Crippen molar-refractivity contribution in [3.05, 3.63) is 52.5 Å². The van der Waals surface area contributed by atoms with Crippen molar-refractivity contribution in [3.8, 4) is 0 Å². The predicted molar refractivity (Wildman–Crippen MR) is 142 cm³/mol. The second-order valence-electron chi connectivity index (χ2n) is 11.8. The van der Waals surface area contributed by atoms with Gasteiger partial charge in [0, 0.05) is 18.9 Å². The van der Waals surface area contributed by atoms with E-state index in [4.69, 9.17) is 9.72 Å². The Morgan fingerprint density at radius 2 is 1.97 bits per heavy atom. The third-order valence-corrected chi connectivity index (χ3v) is 11.1. The number of aryl methyl sites for hydroxylation is 1. The van der Waals surface area contributed by atoms with Crippen LogP contribution in [0.25, 0.3) is 5.57 Å². The molecule has 4 aliphatic carbocycles. The van der Waals surface area contributed by atoms with E-state index < -0.39 is 0 Å². The van der Waals surface area contributed by atoms with Crippen LogP contribution < -0.4 is 5.32 Å². The lowest BCUT2D eigenvalue weighted by Gasteiger charge is -2.56. The maximum absolute atomic E-state index is 11.8. The molecule has 0 aliphatic heterocycles. The average Bonchev–Trinajstić information content (AvgIpc) is 3.40. The van der Waals surface area contributed by atoms with Crippen LogP contribution in [-0.4, -0.2) is 23.6 Å². The summed E-state index contributed by atoms with van der Waals surface area (Å²) in [6, 6.07) is 10.7. The molecule has 1 N–H and O–H groups in total. The third-order valence-electron chi connectivity index (χ3n) is 10.0. The number of nitrogens with one attached hydrogen (secondary N) is 1. The number of carbonyl (C=O) groups is 1. The molecule has 1 heterocycles. The summed E-state index contributed by atoms with van der Waals surface area (Å²) < 4.78 is 5.84. The number of allylic oxidation sites excluding steroid dienone is 2. The molecule has 0 bridgehead atoms. The molecular formula is C30H38N2O2S. The van der Waals surface area contributed by atoms with Gasteiger partial charge in [0.05, 0.1) is 10.6 Å². The van der Waals surface area contributed by atoms with Crippen LogP contribution in [0.1, 0.15) is 75.4 Å². The zero-order chi connectivity index (χ0) is 24.2. The van der Waals surface area contributed by atoms with Gasteiger partial charge in [-0.2, -0.15) is 0 Å². The number of esters is 1. The summed E-state index contributed by atoms with van der Waals surface area (Å²) in [5.74, 6) is 1.98. The summed E-state index contributed by atoms with van der Waals surface area (Å²) in [5, 5.41) is 4.69. The van der Waals surface area contributed by atoms with Gasteiger partial charge in [0.1, 0.15) is 6.10 Å². The first kappa shape index (κ1) is 23.3. The van der Waals surface area contributed by atoms with Crippen LogP contribution in [0.5, 0.6) is 0 Å². The van der Waals surface area contributed by atoms with Crippen LogP contribution in [0.3, 0.4) is 0 Å². The number of hydrogen-bond acceptors (Lipinski definition) is 5. The number of anilines is 1. The van der Waals surface area contributed by atoms with E-state index in [0.29, 0.717) is 11.8 Å². The van der Waals surface area contributed by atoms with E-state index in [1.54, 1.807) is 12.5 Å². The molecule has 0 spiro atoms. The van der Waals surface area contributed by atoms with Crippen LogP contribution in [0, 0.1) is 28.6 Å². The van der Waals surface area contributed by atoms with Crippen molar-refractivity contribution < 1.29 is 9.53 Å². The number of carbonyl (C=O) groups excluding carboxylic acids is 1. The van der Waals surface area contributed by atoms with Gasteiger partial charge < -0.3 is 10.1 Å². The molecule has 4 aliphatic rings. The summed E-state index contributed by atoms with van der Waals surface area (Å²) in [6.45, 7) is 7.44. The molecule has 0 radical (unpaired) electrons. The molecule has 1 aromatic carbocycles. The van der Waals surface area contributed by atoms with Crippen LogP contribution in [-0.2, 0) is 22.4 Å². The number of fused-ring (bicyclic) bond motifs is 7. The van der Waals surface area contributed by atoms with Gasteiger partial charge in [0.15, 0.2) is 5.13 Å². The van der Waals surface area contributed by atoms with Crippen molar-refractivity contribution in [1.29, 1.82) is 0 Å². The van der Waals surface area contributed by atoms with Crippen molar-refractivity contribution in [2.75, 3.05) is 11.9 Å². The normalized spacial score (nSPS) is 35.2. The fourth-order valence-electron chi connectivity index (χ4n) is 8.26. The predicted octanol–water partition coefficient (Wildman–Crippen LogP) is 6.91. The fraction of sp³-hybridized carbons (Fsp3) is 0.600. The van der Waals surface area contributed by atoms with Gasteiger partial charge in [0.2, 0.25) is 0 Å². The van der Waals surface area contributed by atoms with Crippen molar-refractivity contribution in [1.82, 2.24) is 4.98 Å². The standard InChI is InChI=1S/C30H38N2O2S/c1-19(33)34-26-12-11-22-21-9-10-24-27-25(14-17-29(24,2)23(21)13-16-30(22,26)3)32-28(35-27)31-18-15-20-7-5-4-6-8-20/h4-8,10,21-23,26H,9,11-18H2,1-3H3,(H,31,32)/t21-,22-,23-,26-,29+,30-/m0/s1. The van der Waals surface area contributed by atoms with E-state index in [9.17, 15) is 4.79 Å². The lowest BCUT2D eigenvalue weighted by molar-refractivity contribution is -0.156. The molecule has 2 saturated carbocycles. The number of rotatable bonds is 5. The largest absolute Gasteiger partial charge is 0.462 e. The number of benzene rings is 1. The van der Waals surface area contributed by atoms with Crippen LogP contribution >= 0.6 is 11.3 Å². The monoisotopic (exact) mass is 490 g/mol. The quantitative estimate of drug-likeness (QED) is 0.463. The molecular weight excluding hydrogens is 452 g/mol. The first-order chi connectivity index (χ1) is 16.9. The highest BCUT2D eigenvalue weighted by molar-refractivity contribution is 7.16. The lowest BCUT2D eigenvalue weighted by Crippen LogP contribution is -2.50. The second kappa shape index (κ2) is 8.76. The Morgan fingerprint density at radius 3 is 2.77 bits per heavy atom. The third kappa shape index (κ3) is 3.85. The van der Waals surface area contributed by atoms with E-state index in [0.717, 1.165) is 43.3 Å². The number of nitrogens with zero attached hydrogens (tertiary/aromatic N) is 1. The molecule has 1 aromatic heterocycles. The Balaban J connectivity index is 1.21. The van der Waals surface area contributed by atoms with E-state index in [2.05, 4.69) is 55.6 Å². The molecule has 6 atom stereocenters. The van der Waals surface area contributed by atoms with E-state index >= 15 is 0 Å². The summed E-state index contributed by atoms with van der Waals surface area (Å²) >= 11 is 1.87. The summed E-state index contributed by atoms with van der Waals surface area (Å²) in [6.07, 6.45) is 11.8. The Kier molecular flexibility index (Phi) is 5.82. The molecule has 35 heavy (non-hydrogen) atoms. The first-order valence-electron chi connectivity index (χ1n) is 13.5. The van der Waals surface area contributed by atoms with Gasteiger partial charge >= 0.3 is 5.97 Å². The molecule has 6 rings (SSSR count). The second-order valence-corrected chi connectivity index (χ2v) is 12.8. The minimum absolute atomic E-state index is 0.105. The Hall–Kier alpha value is -2.14. The van der Waals surface area contributed by atoms with Gasteiger partial charge in [-0.3, -0.25) is 4.79 Å². The number of ether oxygens (including phenoxy) is 1. The lowest BCUT2D eigenvalue weighted by atomic mass is 9.48. The van der Waals surface area contributed by atoms with Gasteiger partial charge in [-0.05, 0) is 85.7 Å². The molecule has 0 saturated heterocycles. The molecule has 2 fully saturated rings. The van der Waals surface area contributed by atoms with E-state index in [-0.39, 0.29) is 22.9 Å². The highest BCUT2D eigenvalue weighted by Gasteiger charge is 2.59. The topological polar surface area (TPSA) is 51.2 Å². The van der Waals surface area contributed by atoms with Gasteiger partial charge in [0.25, 0.3) is 0 Å². The van der Waals surface area contributed by atoms with Crippen LogP contribution in [0.2, 0.25) is 0 Å². The summed E-state index contributed by atoms with van der Waals surface area (Å²) in [5.41, 5.74) is 4.63. The van der Waals surface area contributed by atoms with Crippen molar-refractivity contribution >= 4 is 28.0 Å². The van der Waals surface area contributed by atoms with Gasteiger partial charge in [-0.1, -0.05) is 61.6 Å². The highest BCUT2D eigenvalue weighted by atomic mass is 32.1. The minimum Gasteiger partial charge on any atom is -0.462 e. The van der Waals surface area contributed by atoms with Crippen LogP contribution in [0.15, 0.2) is 36.4 Å². The molecule has 4 nitrogen and oxygen atoms in total. The molecule has 0 unspecified atom stereocenters. The number of hydrogen-bond donors (Lipinski definition) is 1. The van der Waals surface area contributed by atoms with Gasteiger partial charge in [-0.25, -0.2) is 4.98 Å². The first-order valence-corrected chi connectivity index (χ1v) is 14.4. The molecule has 2 aromatic rings. The molecule has 5 heteroatoms. The Morgan fingerprint density at radius 1 is 1.14 bits per heavy atom. The van der Waals surface area contributed by atoms with Crippen LogP contribution in [0.4, 0.5) is 5.13 Å². The number of thiazole rings is 1. The van der Waals surface area contributed by atoms with Crippen molar-refractivity contribution in [2.45, 2.75) is 78.2 Å². The fourth-order valence-corrected chi connectivity index (χ4v) is 9.47. The zero-order valence-electron chi connectivity index (χ0n) is 21.3. The Labute approximate surface area is 213 Å². The average molecular weight is 491 g/mol. The maximum atomic E-state index is 11.8. The molecule has 0 amide bonds. The smallest absolute Gasteiger partial charge is 0.302 e. The van der Waals surface area contributed by atoms with Gasteiger partial charge in [-0.15, -0.1) is 0 Å². The summed E-state index contributed by atoms with van der Waals surface area (Å²) in [7, 11) is 0. The zero-order valence-corrected chi connectivity index (χ0v) is 22.1. The minimum atomic E-state index is -0.116. The highest BCUT2D eigenvalue weighted by Crippen LogP contribution is 2.66. The van der Waals surface area contributed by atoms with Crippen molar-refractivity contribution in [2.24, 2.45) is 28.6 Å². The number of aromatic nitrogens is 1. The maximum Gasteiger partial charge on any atom is 0.302 e. The Bertz CT molecular complexity index is 1140. The summed E-state index contributed by atoms with van der Waals surface area (Å²) in [4.78, 5) is 18.2.